The van der Waals surface area contributed by atoms with E-state index < -0.39 is 6.10 Å². The summed E-state index contributed by atoms with van der Waals surface area (Å²) in [6.45, 7) is 3.94. The largest absolute Gasteiger partial charge is 0.388 e. The molecule has 2 aromatic rings. The molecule has 0 aliphatic heterocycles. The second-order valence-electron chi connectivity index (χ2n) is 4.29. The number of rotatable bonds is 3. The van der Waals surface area contributed by atoms with Gasteiger partial charge in [-0.1, -0.05) is 18.2 Å². The first kappa shape index (κ1) is 11.9. The summed E-state index contributed by atoms with van der Waals surface area (Å²) in [5.41, 5.74) is 2.97. The zero-order valence-electron chi connectivity index (χ0n) is 10.5. The van der Waals surface area contributed by atoms with E-state index >= 15 is 0 Å². The van der Waals surface area contributed by atoms with Gasteiger partial charge < -0.3 is 9.67 Å². The van der Waals surface area contributed by atoms with Crippen molar-refractivity contribution in [3.63, 3.8) is 0 Å². The maximum Gasteiger partial charge on any atom is 0.106 e. The van der Waals surface area contributed by atoms with E-state index in [1.807, 2.05) is 51.2 Å². The van der Waals surface area contributed by atoms with Crippen LogP contribution in [0.4, 0.5) is 0 Å². The summed E-state index contributed by atoms with van der Waals surface area (Å²) < 4.78 is 2.05. The number of nitrogens with zero attached hydrogens (tertiary/aromatic N) is 2. The van der Waals surface area contributed by atoms with Crippen molar-refractivity contribution >= 4 is 11.0 Å². The van der Waals surface area contributed by atoms with Gasteiger partial charge in [0.05, 0.1) is 17.1 Å². The quantitative estimate of drug-likeness (QED) is 0.823. The first-order valence-corrected chi connectivity index (χ1v) is 5.85. The van der Waals surface area contributed by atoms with Crippen molar-refractivity contribution < 1.29 is 5.11 Å². The van der Waals surface area contributed by atoms with Crippen molar-refractivity contribution in [2.24, 2.45) is 7.05 Å². The summed E-state index contributed by atoms with van der Waals surface area (Å²) in [4.78, 5) is 4.47. The van der Waals surface area contributed by atoms with Crippen LogP contribution in [0.5, 0.6) is 0 Å². The number of aliphatic hydroxyl groups excluding tert-OH is 1. The van der Waals surface area contributed by atoms with Crippen molar-refractivity contribution in [3.8, 4) is 0 Å². The predicted molar refractivity (Wildman–Crippen MR) is 69.8 cm³/mol. The lowest BCUT2D eigenvalue weighted by Gasteiger charge is -2.08. The molecular formula is C14H18N2O. The molecule has 17 heavy (non-hydrogen) atoms. The SMILES string of the molecule is C/C=C/C[C@@H](O)c1ccc2c(c1)nc(C)n2C. The van der Waals surface area contributed by atoms with Crippen LogP contribution < -0.4 is 0 Å². The average Bonchev–Trinajstić information content (AvgIpc) is 2.61. The van der Waals surface area contributed by atoms with Crippen LogP contribution in [0.15, 0.2) is 30.4 Å². The van der Waals surface area contributed by atoms with Gasteiger partial charge in [0.15, 0.2) is 0 Å². The van der Waals surface area contributed by atoms with Crippen LogP contribution in [0.25, 0.3) is 11.0 Å². The topological polar surface area (TPSA) is 38.1 Å². The Labute approximate surface area is 101 Å². The monoisotopic (exact) mass is 230 g/mol. The number of hydrogen-bond donors (Lipinski definition) is 1. The van der Waals surface area contributed by atoms with Crippen molar-refractivity contribution in [1.29, 1.82) is 0 Å². The summed E-state index contributed by atoms with van der Waals surface area (Å²) in [6.07, 6.45) is 4.12. The lowest BCUT2D eigenvalue weighted by molar-refractivity contribution is 0.181. The molecule has 3 heteroatoms. The number of imidazole rings is 1. The minimum atomic E-state index is -0.446. The van der Waals surface area contributed by atoms with Crippen LogP contribution in [0.1, 0.15) is 30.8 Å². The fourth-order valence-corrected chi connectivity index (χ4v) is 1.95. The molecule has 0 radical (unpaired) electrons. The van der Waals surface area contributed by atoms with E-state index in [2.05, 4.69) is 9.55 Å². The first-order chi connectivity index (χ1) is 8.13. The highest BCUT2D eigenvalue weighted by Gasteiger charge is 2.09. The number of aromatic nitrogens is 2. The standard InChI is InChI=1S/C14H18N2O/c1-4-5-6-14(17)11-7-8-13-12(9-11)15-10(2)16(13)3/h4-5,7-9,14,17H,6H2,1-3H3/b5-4+/t14-/m1/s1. The Morgan fingerprint density at radius 3 is 2.94 bits per heavy atom. The molecule has 0 aliphatic carbocycles. The van der Waals surface area contributed by atoms with Crippen LogP contribution in [0.2, 0.25) is 0 Å². The summed E-state index contributed by atoms with van der Waals surface area (Å²) in [7, 11) is 2.00. The molecule has 3 nitrogen and oxygen atoms in total. The van der Waals surface area contributed by atoms with Crippen molar-refractivity contribution in [3.05, 3.63) is 41.7 Å². The summed E-state index contributed by atoms with van der Waals surface area (Å²) in [5.74, 6) is 0.986. The molecule has 90 valence electrons. The zero-order valence-corrected chi connectivity index (χ0v) is 10.5. The van der Waals surface area contributed by atoms with E-state index in [9.17, 15) is 5.11 Å². The van der Waals surface area contributed by atoms with Crippen LogP contribution in [-0.4, -0.2) is 14.7 Å². The number of hydrogen-bond acceptors (Lipinski definition) is 2. The molecule has 0 bridgehead atoms. The summed E-state index contributed by atoms with van der Waals surface area (Å²) in [6, 6.07) is 5.96. The van der Waals surface area contributed by atoms with Crippen molar-refractivity contribution in [1.82, 2.24) is 9.55 Å². The molecule has 2 rings (SSSR count). The smallest absolute Gasteiger partial charge is 0.106 e. The number of aliphatic hydroxyl groups is 1. The highest BCUT2D eigenvalue weighted by Crippen LogP contribution is 2.22. The molecule has 0 amide bonds. The Kier molecular flexibility index (Phi) is 3.29. The van der Waals surface area contributed by atoms with Gasteiger partial charge in [0.1, 0.15) is 5.82 Å². The summed E-state index contributed by atoms with van der Waals surface area (Å²) >= 11 is 0. The normalized spacial score (nSPS) is 13.6. The van der Waals surface area contributed by atoms with Gasteiger partial charge in [0.2, 0.25) is 0 Å². The Morgan fingerprint density at radius 1 is 1.47 bits per heavy atom. The van der Waals surface area contributed by atoms with E-state index in [-0.39, 0.29) is 0 Å². The Balaban J connectivity index is 2.37. The Morgan fingerprint density at radius 2 is 2.24 bits per heavy atom. The fraction of sp³-hybridized carbons (Fsp3) is 0.357. The Hall–Kier alpha value is -1.61. The van der Waals surface area contributed by atoms with Gasteiger partial charge >= 0.3 is 0 Å². The number of fused-ring (bicyclic) bond motifs is 1. The van der Waals surface area contributed by atoms with Crippen molar-refractivity contribution in [2.45, 2.75) is 26.4 Å². The van der Waals surface area contributed by atoms with E-state index in [0.29, 0.717) is 6.42 Å². The van der Waals surface area contributed by atoms with E-state index in [1.54, 1.807) is 0 Å². The molecule has 0 spiro atoms. The van der Waals surface area contributed by atoms with E-state index in [0.717, 1.165) is 22.4 Å². The molecule has 0 fully saturated rings. The second kappa shape index (κ2) is 4.72. The van der Waals surface area contributed by atoms with Crippen LogP contribution in [-0.2, 0) is 7.05 Å². The van der Waals surface area contributed by atoms with E-state index in [4.69, 9.17) is 0 Å². The van der Waals surface area contributed by atoms with E-state index in [1.165, 1.54) is 0 Å². The number of benzene rings is 1. The van der Waals surface area contributed by atoms with Gasteiger partial charge in [-0.3, -0.25) is 0 Å². The minimum absolute atomic E-state index is 0.446. The van der Waals surface area contributed by atoms with Crippen molar-refractivity contribution in [2.75, 3.05) is 0 Å². The third-order valence-corrected chi connectivity index (χ3v) is 3.11. The third-order valence-electron chi connectivity index (χ3n) is 3.11. The molecule has 0 aliphatic rings. The zero-order chi connectivity index (χ0) is 12.4. The molecule has 0 saturated carbocycles. The average molecular weight is 230 g/mol. The van der Waals surface area contributed by atoms with Gasteiger partial charge in [0.25, 0.3) is 0 Å². The number of allylic oxidation sites excluding steroid dienone is 1. The molecule has 1 aromatic heterocycles. The molecule has 1 heterocycles. The maximum atomic E-state index is 10.0. The van der Waals surface area contributed by atoms with Gasteiger partial charge in [-0.25, -0.2) is 4.98 Å². The van der Waals surface area contributed by atoms with Gasteiger partial charge in [-0.2, -0.15) is 0 Å². The third kappa shape index (κ3) is 2.24. The summed E-state index contributed by atoms with van der Waals surface area (Å²) in [5, 5.41) is 10.0. The van der Waals surface area contributed by atoms with Gasteiger partial charge in [-0.15, -0.1) is 0 Å². The van der Waals surface area contributed by atoms with Crippen LogP contribution in [0, 0.1) is 6.92 Å². The van der Waals surface area contributed by atoms with Gasteiger partial charge in [0, 0.05) is 7.05 Å². The predicted octanol–water partition coefficient (Wildman–Crippen LogP) is 2.88. The molecule has 0 unspecified atom stereocenters. The maximum absolute atomic E-state index is 10.0. The highest BCUT2D eigenvalue weighted by atomic mass is 16.3. The minimum Gasteiger partial charge on any atom is -0.388 e. The van der Waals surface area contributed by atoms with Crippen LogP contribution in [0.3, 0.4) is 0 Å². The molecule has 0 saturated heterocycles. The fourth-order valence-electron chi connectivity index (χ4n) is 1.95. The lowest BCUT2D eigenvalue weighted by Crippen LogP contribution is -1.95. The lowest BCUT2D eigenvalue weighted by atomic mass is 10.1. The van der Waals surface area contributed by atoms with Crippen LogP contribution >= 0.6 is 0 Å². The first-order valence-electron chi connectivity index (χ1n) is 5.85. The second-order valence-corrected chi connectivity index (χ2v) is 4.29. The molecule has 1 atom stereocenters. The van der Waals surface area contributed by atoms with Gasteiger partial charge in [-0.05, 0) is 38.0 Å². The molecule has 1 N–H and O–H groups in total. The highest BCUT2D eigenvalue weighted by molar-refractivity contribution is 5.76. The number of aryl methyl sites for hydroxylation is 2. The Bertz CT molecular complexity index is 555. The molecule has 1 aromatic carbocycles. The molecular weight excluding hydrogens is 212 g/mol.